The van der Waals surface area contributed by atoms with E-state index < -0.39 is 25.4 Å². The van der Waals surface area contributed by atoms with Gasteiger partial charge in [0.15, 0.2) is 9.92 Å². The molecule has 3 unspecified atom stereocenters. The smallest absolute Gasteiger partial charge is 0.303 e. The molecule has 134 valence electrons. The molecular formula is C13H19F2N3O3P2S. The van der Waals surface area contributed by atoms with E-state index in [0.29, 0.717) is 6.42 Å². The highest BCUT2D eigenvalue weighted by Crippen LogP contribution is 2.72. The van der Waals surface area contributed by atoms with Crippen molar-refractivity contribution in [3.63, 3.8) is 0 Å². The van der Waals surface area contributed by atoms with Gasteiger partial charge in [0.1, 0.15) is 0 Å². The molecule has 0 amide bonds. The van der Waals surface area contributed by atoms with Crippen molar-refractivity contribution in [1.29, 1.82) is 0 Å². The van der Waals surface area contributed by atoms with Gasteiger partial charge >= 0.3 is 15.5 Å². The molecule has 0 saturated carbocycles. The van der Waals surface area contributed by atoms with Gasteiger partial charge in [0.2, 0.25) is 0 Å². The molecule has 0 N–H and O–H groups in total. The van der Waals surface area contributed by atoms with E-state index in [1.165, 1.54) is 12.1 Å². The van der Waals surface area contributed by atoms with E-state index in [4.69, 9.17) is 9.05 Å². The maximum atomic E-state index is 14.8. The summed E-state index contributed by atoms with van der Waals surface area (Å²) in [5.41, 5.74) is 0.881. The number of rotatable bonds is 1. The molecule has 6 nitrogen and oxygen atoms in total. The van der Waals surface area contributed by atoms with E-state index in [2.05, 4.69) is 12.8 Å². The molecule has 11 heteroatoms. The first kappa shape index (κ1) is 18.2. The Kier molecular flexibility index (Phi) is 4.54. The summed E-state index contributed by atoms with van der Waals surface area (Å²) >= 11 is 0. The normalized spacial score (nSPS) is 36.5. The van der Waals surface area contributed by atoms with Crippen LogP contribution in [0.25, 0.3) is 0 Å². The van der Waals surface area contributed by atoms with Gasteiger partial charge in [-0.1, -0.05) is 32.9 Å². The van der Waals surface area contributed by atoms with Gasteiger partial charge in [0.05, 0.1) is 18.1 Å². The number of nitrogens with zero attached hydrogens (tertiary/aromatic N) is 3. The van der Waals surface area contributed by atoms with Gasteiger partial charge in [-0.25, -0.2) is 4.21 Å². The molecule has 2 aliphatic heterocycles. The van der Waals surface area contributed by atoms with Gasteiger partial charge in [0.25, 0.3) is 0 Å². The first-order valence-electron chi connectivity index (χ1n) is 7.39. The summed E-state index contributed by atoms with van der Waals surface area (Å²) in [6, 6.07) is 6.56. The molecule has 3 rings (SSSR count). The van der Waals surface area contributed by atoms with E-state index in [0.717, 1.165) is 5.56 Å². The van der Waals surface area contributed by atoms with Crippen molar-refractivity contribution in [2.75, 3.05) is 13.2 Å². The van der Waals surface area contributed by atoms with Crippen LogP contribution in [-0.4, -0.2) is 17.4 Å². The lowest BCUT2D eigenvalue weighted by atomic mass is 9.87. The van der Waals surface area contributed by atoms with Crippen LogP contribution in [0.15, 0.2) is 42.0 Å². The fraction of sp³-hybridized carbons (Fsp3) is 0.538. The molecule has 0 fully saturated rings. The summed E-state index contributed by atoms with van der Waals surface area (Å²) in [5, 5.41) is 0. The Morgan fingerprint density at radius 3 is 2.25 bits per heavy atom. The lowest BCUT2D eigenvalue weighted by molar-refractivity contribution is 0.246. The quantitative estimate of drug-likeness (QED) is 0.545. The highest BCUT2D eigenvalue weighted by atomic mass is 32.2. The average Bonchev–Trinajstić information content (AvgIpc) is 2.43. The number of hydrogen-bond acceptors (Lipinski definition) is 5. The lowest BCUT2D eigenvalue weighted by Crippen LogP contribution is -2.11. The minimum Gasteiger partial charge on any atom is -0.303 e. The Balaban J connectivity index is 2.15. The second-order valence-electron chi connectivity index (χ2n) is 6.49. The Bertz CT molecular complexity index is 875. The van der Waals surface area contributed by atoms with Gasteiger partial charge in [-0.05, 0) is 29.5 Å². The van der Waals surface area contributed by atoms with Crippen molar-refractivity contribution in [2.24, 2.45) is 12.8 Å². The topological polar surface area (TPSA) is 72.6 Å². The van der Waals surface area contributed by atoms with E-state index in [1.807, 2.05) is 20.8 Å². The number of hydrogen-bond donors (Lipinski definition) is 0. The van der Waals surface area contributed by atoms with Gasteiger partial charge in [0, 0.05) is 0 Å². The van der Waals surface area contributed by atoms with Gasteiger partial charge in [-0.15, -0.1) is 12.8 Å². The van der Waals surface area contributed by atoms with Crippen molar-refractivity contribution in [1.82, 2.24) is 0 Å². The van der Waals surface area contributed by atoms with Gasteiger partial charge < -0.3 is 9.05 Å². The molecule has 0 radical (unpaired) electrons. The lowest BCUT2D eigenvalue weighted by Gasteiger charge is -2.24. The number of fused-ring (bicyclic) bond motifs is 1. The predicted molar refractivity (Wildman–Crippen MR) is 91.4 cm³/mol. The van der Waals surface area contributed by atoms with Crippen LogP contribution in [0.3, 0.4) is 0 Å². The molecule has 24 heavy (non-hydrogen) atoms. The minimum atomic E-state index is -4.35. The van der Waals surface area contributed by atoms with Crippen LogP contribution in [0.5, 0.6) is 0 Å². The monoisotopic (exact) mass is 397 g/mol. The van der Waals surface area contributed by atoms with Crippen LogP contribution in [0.2, 0.25) is 0 Å². The summed E-state index contributed by atoms with van der Waals surface area (Å²) in [4.78, 5) is 0.127. The Labute approximate surface area is 140 Å². The molecule has 3 atom stereocenters. The molecule has 0 spiro atoms. The highest BCUT2D eigenvalue weighted by molar-refractivity contribution is 7.99. The van der Waals surface area contributed by atoms with E-state index in [1.54, 1.807) is 12.1 Å². The predicted octanol–water partition coefficient (Wildman–Crippen LogP) is 6.01. The zero-order valence-corrected chi connectivity index (χ0v) is 16.2. The first-order chi connectivity index (χ1) is 11.0. The molecule has 2 aliphatic rings. The van der Waals surface area contributed by atoms with Crippen molar-refractivity contribution < 1.29 is 21.7 Å². The van der Waals surface area contributed by atoms with Crippen molar-refractivity contribution in [2.45, 2.75) is 37.5 Å². The van der Waals surface area contributed by atoms with Gasteiger partial charge in [-0.3, -0.25) is 0 Å². The largest absolute Gasteiger partial charge is 0.393 e. The van der Waals surface area contributed by atoms with Crippen molar-refractivity contribution >= 4 is 25.4 Å². The molecule has 2 bridgehead atoms. The highest BCUT2D eigenvalue weighted by Gasteiger charge is 2.39. The standard InChI is InChI=1S/C13H19F2N3O3P2S/c1-13(2,3)11-5-7-12(8-6-11)24(19)17-22(14)16-23(15,18-24)21-10-4-9-20-22/h5-8H,4,9-10H2,1-3H3. The zero-order valence-electron chi connectivity index (χ0n) is 13.6. The number of benzene rings is 1. The third kappa shape index (κ3) is 3.65. The molecule has 1 aromatic carbocycles. The SMILES string of the molecule is CC(C)(C)c1ccc(S2(=O)=NP3(F)=NP(F)(=N2)OCCCO3)cc1. The summed E-state index contributed by atoms with van der Waals surface area (Å²) in [7, 11) is -12.4. The van der Waals surface area contributed by atoms with E-state index in [9.17, 15) is 12.6 Å². The van der Waals surface area contributed by atoms with Crippen LogP contribution in [0, 0.1) is 0 Å². The van der Waals surface area contributed by atoms with Crippen LogP contribution < -0.4 is 0 Å². The van der Waals surface area contributed by atoms with Crippen LogP contribution in [0.4, 0.5) is 8.39 Å². The maximum Gasteiger partial charge on any atom is 0.393 e. The van der Waals surface area contributed by atoms with Crippen molar-refractivity contribution in [3.05, 3.63) is 29.8 Å². The molecular weight excluding hydrogens is 378 g/mol. The minimum absolute atomic E-state index is 0.0181. The zero-order chi connectivity index (χ0) is 17.6. The van der Waals surface area contributed by atoms with Crippen LogP contribution in [-0.2, 0) is 24.4 Å². The van der Waals surface area contributed by atoms with Crippen molar-refractivity contribution in [3.8, 4) is 0 Å². The fourth-order valence-corrected chi connectivity index (χ4v) is 9.51. The second-order valence-corrected chi connectivity index (χ2v) is 12.4. The average molecular weight is 397 g/mol. The summed E-state index contributed by atoms with van der Waals surface area (Å²) in [6.07, 6.45) is 0.305. The first-order valence-corrected chi connectivity index (χ1v) is 11.9. The maximum absolute atomic E-state index is 14.8. The molecule has 0 saturated heterocycles. The second kappa shape index (κ2) is 5.99. The Hall–Kier alpha value is -0.590. The Morgan fingerprint density at radius 2 is 1.67 bits per heavy atom. The summed E-state index contributed by atoms with van der Waals surface area (Å²) < 4.78 is 63.1. The summed E-state index contributed by atoms with van der Waals surface area (Å²) in [5.74, 6) is 0. The third-order valence-corrected chi connectivity index (χ3v) is 10.5. The third-order valence-electron chi connectivity index (χ3n) is 3.47. The number of halogens is 2. The summed E-state index contributed by atoms with van der Waals surface area (Å²) in [6.45, 7) is 6.05. The van der Waals surface area contributed by atoms with Crippen LogP contribution >= 0.6 is 15.5 Å². The van der Waals surface area contributed by atoms with E-state index >= 15 is 0 Å². The molecule has 0 aromatic heterocycles. The molecule has 2 heterocycles. The molecule has 1 aromatic rings. The fourth-order valence-electron chi connectivity index (χ4n) is 2.20. The van der Waals surface area contributed by atoms with E-state index in [-0.39, 0.29) is 23.5 Å². The Morgan fingerprint density at radius 1 is 1.08 bits per heavy atom. The van der Waals surface area contributed by atoms with Crippen LogP contribution in [0.1, 0.15) is 32.8 Å². The molecule has 0 aliphatic carbocycles. The van der Waals surface area contributed by atoms with Gasteiger partial charge in [-0.2, -0.15) is 8.39 Å².